The number of unbranched alkanes of at least 4 members (excludes halogenated alkanes) is 1. The second-order valence-electron chi connectivity index (χ2n) is 7.53. The number of carbonyl (C=O) groups is 2. The van der Waals surface area contributed by atoms with E-state index in [9.17, 15) is 9.59 Å². The van der Waals surface area contributed by atoms with Gasteiger partial charge in [0.15, 0.2) is 5.78 Å². The Morgan fingerprint density at radius 2 is 1.68 bits per heavy atom. The number of benzene rings is 1. The number of aryl methyl sites for hydroxylation is 3. The number of ether oxygens (including phenoxy) is 1. The van der Waals surface area contributed by atoms with E-state index >= 15 is 0 Å². The summed E-state index contributed by atoms with van der Waals surface area (Å²) in [4.78, 5) is 26.1. The van der Waals surface area contributed by atoms with Crippen LogP contribution in [0.15, 0.2) is 12.1 Å². The highest BCUT2D eigenvalue weighted by Crippen LogP contribution is 2.34. The zero-order chi connectivity index (χ0) is 18.4. The summed E-state index contributed by atoms with van der Waals surface area (Å²) in [6.45, 7) is 8.45. The fourth-order valence-electron chi connectivity index (χ4n) is 4.11. The quantitative estimate of drug-likeness (QED) is 0.290. The van der Waals surface area contributed by atoms with Crippen molar-refractivity contribution in [2.45, 2.75) is 72.6 Å². The molecule has 2 rings (SSSR count). The van der Waals surface area contributed by atoms with Gasteiger partial charge in [-0.15, -0.1) is 0 Å². The van der Waals surface area contributed by atoms with Crippen molar-refractivity contribution in [2.75, 3.05) is 6.61 Å². The Hall–Kier alpha value is -1.64. The van der Waals surface area contributed by atoms with Gasteiger partial charge in [0.2, 0.25) is 0 Å². The SMILES string of the molecule is CCCCOC(=O)C(C(=O)c1c(C)cc(C)cc1C)C1CCCCC1. The van der Waals surface area contributed by atoms with E-state index in [1.165, 1.54) is 6.42 Å². The number of hydrogen-bond acceptors (Lipinski definition) is 3. The zero-order valence-electron chi connectivity index (χ0n) is 16.2. The van der Waals surface area contributed by atoms with Crippen molar-refractivity contribution in [2.24, 2.45) is 11.8 Å². The number of Topliss-reactive ketones (excluding diaryl/α,β-unsaturated/α-hetero) is 1. The molecular weight excluding hydrogens is 312 g/mol. The molecule has 0 heterocycles. The maximum absolute atomic E-state index is 13.4. The van der Waals surface area contributed by atoms with Crippen molar-refractivity contribution in [3.8, 4) is 0 Å². The molecule has 1 aliphatic rings. The summed E-state index contributed by atoms with van der Waals surface area (Å²) in [6, 6.07) is 4.06. The molecule has 138 valence electrons. The van der Waals surface area contributed by atoms with E-state index in [0.29, 0.717) is 12.2 Å². The Kier molecular flexibility index (Phi) is 7.22. The van der Waals surface area contributed by atoms with Gasteiger partial charge in [-0.1, -0.05) is 50.3 Å². The highest BCUT2D eigenvalue weighted by Gasteiger charge is 2.38. The first-order chi connectivity index (χ1) is 12.0. The van der Waals surface area contributed by atoms with Gasteiger partial charge in [-0.05, 0) is 57.1 Å². The normalized spacial score (nSPS) is 16.5. The number of hydrogen-bond donors (Lipinski definition) is 0. The van der Waals surface area contributed by atoms with E-state index in [-0.39, 0.29) is 17.7 Å². The van der Waals surface area contributed by atoms with E-state index in [2.05, 4.69) is 6.92 Å². The van der Waals surface area contributed by atoms with Gasteiger partial charge in [0.25, 0.3) is 0 Å². The van der Waals surface area contributed by atoms with Crippen molar-refractivity contribution in [1.29, 1.82) is 0 Å². The summed E-state index contributed by atoms with van der Waals surface area (Å²) >= 11 is 0. The summed E-state index contributed by atoms with van der Waals surface area (Å²) in [7, 11) is 0. The minimum Gasteiger partial charge on any atom is -0.465 e. The molecule has 0 spiro atoms. The predicted molar refractivity (Wildman–Crippen MR) is 101 cm³/mol. The summed E-state index contributed by atoms with van der Waals surface area (Å²) in [5.41, 5.74) is 3.79. The van der Waals surface area contributed by atoms with E-state index in [4.69, 9.17) is 4.74 Å². The van der Waals surface area contributed by atoms with Crippen LogP contribution in [0, 0.1) is 32.6 Å². The van der Waals surface area contributed by atoms with Crippen LogP contribution in [0.5, 0.6) is 0 Å². The molecule has 1 aromatic rings. The van der Waals surface area contributed by atoms with Gasteiger partial charge in [0.05, 0.1) is 6.61 Å². The van der Waals surface area contributed by atoms with Crippen LogP contribution in [0.1, 0.15) is 78.9 Å². The Morgan fingerprint density at radius 1 is 1.08 bits per heavy atom. The molecule has 25 heavy (non-hydrogen) atoms. The van der Waals surface area contributed by atoms with E-state index in [1.54, 1.807) is 0 Å². The lowest BCUT2D eigenvalue weighted by atomic mass is 9.75. The summed E-state index contributed by atoms with van der Waals surface area (Å²) in [6.07, 6.45) is 7.12. The molecular formula is C22H32O3. The Balaban J connectivity index is 2.30. The fraction of sp³-hybridized carbons (Fsp3) is 0.636. The van der Waals surface area contributed by atoms with Crippen LogP contribution in [0.2, 0.25) is 0 Å². The summed E-state index contributed by atoms with van der Waals surface area (Å²) in [5.74, 6) is -0.874. The number of esters is 1. The lowest BCUT2D eigenvalue weighted by Crippen LogP contribution is -2.35. The molecule has 1 unspecified atom stereocenters. The average Bonchev–Trinajstić information content (AvgIpc) is 2.55. The van der Waals surface area contributed by atoms with Crippen molar-refractivity contribution in [3.63, 3.8) is 0 Å². The Morgan fingerprint density at radius 3 is 2.24 bits per heavy atom. The molecule has 1 aliphatic carbocycles. The minimum absolute atomic E-state index is 0.0385. The van der Waals surface area contributed by atoms with Gasteiger partial charge in [0.1, 0.15) is 5.92 Å². The molecule has 0 saturated heterocycles. The first-order valence-corrected chi connectivity index (χ1v) is 9.74. The second-order valence-corrected chi connectivity index (χ2v) is 7.53. The van der Waals surface area contributed by atoms with Gasteiger partial charge in [0, 0.05) is 5.56 Å². The third kappa shape index (κ3) is 4.93. The van der Waals surface area contributed by atoms with Crippen LogP contribution < -0.4 is 0 Å². The molecule has 1 atom stereocenters. The fourth-order valence-corrected chi connectivity index (χ4v) is 4.11. The van der Waals surface area contributed by atoms with Crippen molar-refractivity contribution < 1.29 is 14.3 Å². The Labute approximate surface area is 152 Å². The first-order valence-electron chi connectivity index (χ1n) is 9.74. The van der Waals surface area contributed by atoms with Crippen LogP contribution in [0.3, 0.4) is 0 Å². The number of ketones is 1. The number of rotatable bonds is 7. The smallest absolute Gasteiger partial charge is 0.317 e. The van der Waals surface area contributed by atoms with Crippen LogP contribution >= 0.6 is 0 Å². The molecule has 0 radical (unpaired) electrons. The van der Waals surface area contributed by atoms with E-state index < -0.39 is 5.92 Å². The summed E-state index contributed by atoms with van der Waals surface area (Å²) in [5, 5.41) is 0. The van der Waals surface area contributed by atoms with Crippen LogP contribution in [0.4, 0.5) is 0 Å². The van der Waals surface area contributed by atoms with Crippen LogP contribution in [-0.4, -0.2) is 18.4 Å². The molecule has 0 aromatic heterocycles. The van der Waals surface area contributed by atoms with Gasteiger partial charge < -0.3 is 4.74 Å². The first kappa shape index (κ1) is 19.7. The largest absolute Gasteiger partial charge is 0.465 e. The van der Waals surface area contributed by atoms with Crippen molar-refractivity contribution in [1.82, 2.24) is 0 Å². The van der Waals surface area contributed by atoms with Gasteiger partial charge in [-0.2, -0.15) is 0 Å². The zero-order valence-corrected chi connectivity index (χ0v) is 16.2. The lowest BCUT2D eigenvalue weighted by Gasteiger charge is -2.28. The topological polar surface area (TPSA) is 43.4 Å². The molecule has 0 amide bonds. The van der Waals surface area contributed by atoms with Gasteiger partial charge in [-0.25, -0.2) is 0 Å². The standard InChI is InChI=1S/C22H32O3/c1-5-6-12-25-22(24)20(18-10-8-7-9-11-18)21(23)19-16(3)13-15(2)14-17(19)4/h13-14,18,20H,5-12H2,1-4H3. The maximum Gasteiger partial charge on any atom is 0.317 e. The van der Waals surface area contributed by atoms with Crippen molar-refractivity contribution in [3.05, 3.63) is 34.4 Å². The van der Waals surface area contributed by atoms with Crippen LogP contribution in [-0.2, 0) is 9.53 Å². The third-order valence-electron chi connectivity index (χ3n) is 5.32. The minimum atomic E-state index is -0.641. The van der Waals surface area contributed by atoms with E-state index in [0.717, 1.165) is 55.2 Å². The molecule has 1 saturated carbocycles. The third-order valence-corrected chi connectivity index (χ3v) is 5.32. The molecule has 1 fully saturated rings. The second kappa shape index (κ2) is 9.17. The molecule has 3 heteroatoms. The van der Waals surface area contributed by atoms with Gasteiger partial charge in [-0.3, -0.25) is 9.59 Å². The molecule has 0 N–H and O–H groups in total. The summed E-state index contributed by atoms with van der Waals surface area (Å²) < 4.78 is 5.48. The van der Waals surface area contributed by atoms with Crippen LogP contribution in [0.25, 0.3) is 0 Å². The molecule has 3 nitrogen and oxygen atoms in total. The monoisotopic (exact) mass is 344 g/mol. The Bertz CT molecular complexity index is 589. The number of carbonyl (C=O) groups excluding carboxylic acids is 2. The molecule has 0 aliphatic heterocycles. The van der Waals surface area contributed by atoms with E-state index in [1.807, 2.05) is 32.9 Å². The molecule has 1 aromatic carbocycles. The highest BCUT2D eigenvalue weighted by molar-refractivity contribution is 6.10. The highest BCUT2D eigenvalue weighted by atomic mass is 16.5. The molecule has 0 bridgehead atoms. The lowest BCUT2D eigenvalue weighted by molar-refractivity contribution is -0.148. The van der Waals surface area contributed by atoms with Gasteiger partial charge >= 0.3 is 5.97 Å². The predicted octanol–water partition coefficient (Wildman–Crippen LogP) is 5.33. The maximum atomic E-state index is 13.4. The average molecular weight is 344 g/mol. The van der Waals surface area contributed by atoms with Crippen molar-refractivity contribution >= 4 is 11.8 Å².